The number of carbonyl (C=O) groups is 2. The number of unbranched alkanes of at least 4 members (excludes halogenated alkanes) is 1. The molecule has 1 aliphatic rings. The summed E-state index contributed by atoms with van der Waals surface area (Å²) in [6.07, 6.45) is 4.53. The summed E-state index contributed by atoms with van der Waals surface area (Å²) in [6.45, 7) is 3.15. The normalized spacial score (nSPS) is 15.1. The van der Waals surface area contributed by atoms with Crippen LogP contribution >= 0.6 is 0 Å². The van der Waals surface area contributed by atoms with Gasteiger partial charge in [-0.3, -0.25) is 4.79 Å². The van der Waals surface area contributed by atoms with Crippen LogP contribution in [0.2, 0.25) is 0 Å². The number of aromatic nitrogens is 1. The highest BCUT2D eigenvalue weighted by molar-refractivity contribution is 5.82. The number of amides is 1. The summed E-state index contributed by atoms with van der Waals surface area (Å²) in [4.78, 5) is 29.3. The quantitative estimate of drug-likeness (QED) is 0.382. The molecule has 174 valence electrons. The van der Waals surface area contributed by atoms with E-state index in [0.29, 0.717) is 19.6 Å². The van der Waals surface area contributed by atoms with Crippen LogP contribution < -0.4 is 10.6 Å². The number of hydrogen-bond donors (Lipinski definition) is 3. The Labute approximate surface area is 183 Å². The molecule has 0 radical (unpaired) electrons. The van der Waals surface area contributed by atoms with Crippen LogP contribution in [0.3, 0.4) is 0 Å². The molecule has 1 aromatic rings. The van der Waals surface area contributed by atoms with Crippen LogP contribution in [0.1, 0.15) is 43.9 Å². The van der Waals surface area contributed by atoms with Gasteiger partial charge in [0.25, 0.3) is 0 Å². The van der Waals surface area contributed by atoms with Gasteiger partial charge in [0.05, 0.1) is 6.10 Å². The zero-order valence-electron chi connectivity index (χ0n) is 18.5. The number of pyridine rings is 1. The minimum Gasteiger partial charge on any atom is -0.480 e. The Morgan fingerprint density at radius 3 is 2.84 bits per heavy atom. The molecule has 1 amide bonds. The molecule has 2 rings (SSSR count). The molecule has 0 saturated carbocycles. The molecule has 2 unspecified atom stereocenters. The lowest BCUT2D eigenvalue weighted by molar-refractivity contribution is -0.141. The topological polar surface area (TPSA) is 104 Å². The standard InChI is InChI=1S/C22H35FN4O4/c1-16(28)25-20(22(29)30)10-13-27(15-19(14-23)31-2)12-4-3-7-18-9-8-17-6-5-11-24-21(17)26-18/h8-9,19-20H,3-7,10-15H2,1-2H3,(H,24,26)(H,25,28)(H,29,30). The summed E-state index contributed by atoms with van der Waals surface area (Å²) in [6, 6.07) is 3.27. The third-order valence-corrected chi connectivity index (χ3v) is 5.49. The number of carbonyl (C=O) groups excluding carboxylic acids is 1. The van der Waals surface area contributed by atoms with E-state index in [2.05, 4.69) is 22.8 Å². The van der Waals surface area contributed by atoms with Crippen LogP contribution in [-0.2, 0) is 27.2 Å². The molecule has 1 aliphatic heterocycles. The third-order valence-electron chi connectivity index (χ3n) is 5.49. The Morgan fingerprint density at radius 1 is 1.35 bits per heavy atom. The highest BCUT2D eigenvalue weighted by atomic mass is 19.1. The molecule has 2 atom stereocenters. The van der Waals surface area contributed by atoms with E-state index >= 15 is 0 Å². The van der Waals surface area contributed by atoms with E-state index in [-0.39, 0.29) is 12.3 Å². The molecule has 3 N–H and O–H groups in total. The van der Waals surface area contributed by atoms with Gasteiger partial charge in [-0.2, -0.15) is 0 Å². The lowest BCUT2D eigenvalue weighted by Crippen LogP contribution is -2.43. The highest BCUT2D eigenvalue weighted by Gasteiger charge is 2.21. The zero-order valence-corrected chi connectivity index (χ0v) is 18.5. The lowest BCUT2D eigenvalue weighted by atomic mass is 10.1. The molecule has 9 heteroatoms. The van der Waals surface area contributed by atoms with E-state index < -0.39 is 24.8 Å². The van der Waals surface area contributed by atoms with Crippen LogP contribution in [-0.4, -0.2) is 79.0 Å². The second kappa shape index (κ2) is 13.2. The summed E-state index contributed by atoms with van der Waals surface area (Å²) in [5.41, 5.74) is 2.32. The van der Waals surface area contributed by atoms with Crippen molar-refractivity contribution in [3.63, 3.8) is 0 Å². The number of ether oxygens (including phenoxy) is 1. The van der Waals surface area contributed by atoms with Gasteiger partial charge in [-0.1, -0.05) is 6.07 Å². The van der Waals surface area contributed by atoms with E-state index in [0.717, 1.165) is 50.2 Å². The number of aryl methyl sites for hydroxylation is 2. The number of alkyl halides is 1. The summed E-state index contributed by atoms with van der Waals surface area (Å²) in [7, 11) is 1.47. The third kappa shape index (κ3) is 8.78. The maximum Gasteiger partial charge on any atom is 0.326 e. The van der Waals surface area contributed by atoms with Crippen LogP contribution in [0.25, 0.3) is 0 Å². The maximum atomic E-state index is 13.1. The van der Waals surface area contributed by atoms with Crippen molar-refractivity contribution in [2.45, 2.75) is 57.6 Å². The molecule has 0 aliphatic carbocycles. The number of halogens is 1. The van der Waals surface area contributed by atoms with E-state index in [1.54, 1.807) is 0 Å². The molecule has 31 heavy (non-hydrogen) atoms. The fourth-order valence-corrected chi connectivity index (χ4v) is 3.73. The Kier molecular flexibility index (Phi) is 10.7. The Hall–Kier alpha value is -2.26. The van der Waals surface area contributed by atoms with Gasteiger partial charge in [-0.05, 0) is 56.7 Å². The fraction of sp³-hybridized carbons (Fsp3) is 0.682. The molecule has 1 aromatic heterocycles. The first-order valence-electron chi connectivity index (χ1n) is 11.0. The van der Waals surface area contributed by atoms with Crippen molar-refractivity contribution in [2.75, 3.05) is 45.3 Å². The van der Waals surface area contributed by atoms with Crippen LogP contribution in [0.5, 0.6) is 0 Å². The minimum atomic E-state index is -1.07. The van der Waals surface area contributed by atoms with Gasteiger partial charge >= 0.3 is 5.97 Å². The van der Waals surface area contributed by atoms with Crippen LogP contribution in [0, 0.1) is 0 Å². The second-order valence-electron chi connectivity index (χ2n) is 7.99. The Bertz CT molecular complexity index is 715. The number of nitrogens with zero attached hydrogens (tertiary/aromatic N) is 2. The molecule has 0 bridgehead atoms. The maximum absolute atomic E-state index is 13.1. The van der Waals surface area contributed by atoms with Gasteiger partial charge in [0.15, 0.2) is 0 Å². The molecule has 8 nitrogen and oxygen atoms in total. The van der Waals surface area contributed by atoms with Gasteiger partial charge in [-0.25, -0.2) is 14.2 Å². The van der Waals surface area contributed by atoms with E-state index in [9.17, 15) is 19.1 Å². The van der Waals surface area contributed by atoms with E-state index in [4.69, 9.17) is 9.72 Å². The lowest BCUT2D eigenvalue weighted by Gasteiger charge is -2.27. The molecule has 0 saturated heterocycles. The summed E-state index contributed by atoms with van der Waals surface area (Å²) < 4.78 is 18.3. The summed E-state index contributed by atoms with van der Waals surface area (Å²) >= 11 is 0. The molecule has 0 fully saturated rings. The monoisotopic (exact) mass is 438 g/mol. The summed E-state index contributed by atoms with van der Waals surface area (Å²) in [5, 5.41) is 15.1. The largest absolute Gasteiger partial charge is 0.480 e. The first-order chi connectivity index (χ1) is 14.9. The molecule has 0 spiro atoms. The predicted molar refractivity (Wildman–Crippen MR) is 117 cm³/mol. The number of carboxylic acid groups (broad SMARTS) is 1. The van der Waals surface area contributed by atoms with Gasteiger partial charge < -0.3 is 25.4 Å². The molecule has 0 aromatic carbocycles. The highest BCUT2D eigenvalue weighted by Crippen LogP contribution is 2.20. The smallest absolute Gasteiger partial charge is 0.326 e. The van der Waals surface area contributed by atoms with Gasteiger partial charge in [0.2, 0.25) is 5.91 Å². The number of anilines is 1. The number of nitrogens with one attached hydrogen (secondary N) is 2. The van der Waals surface area contributed by atoms with Crippen LogP contribution in [0.4, 0.5) is 10.2 Å². The minimum absolute atomic E-state index is 0.246. The molecular formula is C22H35FN4O4. The van der Waals surface area contributed by atoms with Crippen LogP contribution in [0.15, 0.2) is 12.1 Å². The average molecular weight is 439 g/mol. The number of hydrogen-bond acceptors (Lipinski definition) is 6. The van der Waals surface area contributed by atoms with E-state index in [1.165, 1.54) is 19.6 Å². The van der Waals surface area contributed by atoms with Crippen molar-refractivity contribution in [1.29, 1.82) is 0 Å². The first kappa shape index (κ1) is 25.0. The molecule has 2 heterocycles. The van der Waals surface area contributed by atoms with Crippen molar-refractivity contribution in [3.05, 3.63) is 23.4 Å². The fourth-order valence-electron chi connectivity index (χ4n) is 3.73. The predicted octanol–water partition coefficient (Wildman–Crippen LogP) is 2.03. The van der Waals surface area contributed by atoms with Crippen molar-refractivity contribution in [2.24, 2.45) is 0 Å². The van der Waals surface area contributed by atoms with Crippen molar-refractivity contribution >= 4 is 17.7 Å². The van der Waals surface area contributed by atoms with Crippen molar-refractivity contribution in [1.82, 2.24) is 15.2 Å². The zero-order chi connectivity index (χ0) is 22.6. The number of methoxy groups -OCH3 is 1. The van der Waals surface area contributed by atoms with Crippen molar-refractivity contribution < 1.29 is 23.8 Å². The van der Waals surface area contributed by atoms with Gasteiger partial charge in [0, 0.05) is 39.4 Å². The SMILES string of the molecule is COC(CF)CN(CCCCc1ccc2c(n1)NCCC2)CCC(NC(C)=O)C(=O)O. The van der Waals surface area contributed by atoms with Gasteiger partial charge in [-0.15, -0.1) is 0 Å². The number of aliphatic carboxylic acids is 1. The number of carboxylic acids is 1. The second-order valence-corrected chi connectivity index (χ2v) is 7.99. The number of rotatable bonds is 14. The Balaban J connectivity index is 1.85. The summed E-state index contributed by atoms with van der Waals surface area (Å²) in [5.74, 6) is -0.463. The first-order valence-corrected chi connectivity index (χ1v) is 11.0. The van der Waals surface area contributed by atoms with Crippen molar-refractivity contribution in [3.8, 4) is 0 Å². The molecular weight excluding hydrogens is 403 g/mol. The Morgan fingerprint density at radius 2 is 2.16 bits per heavy atom. The average Bonchev–Trinajstić information content (AvgIpc) is 2.76. The van der Waals surface area contributed by atoms with Gasteiger partial charge in [0.1, 0.15) is 18.5 Å². The number of fused-ring (bicyclic) bond motifs is 1. The van der Waals surface area contributed by atoms with E-state index in [1.807, 2.05) is 4.90 Å².